The highest BCUT2D eigenvalue weighted by Gasteiger charge is 2.31. The molecule has 44 heavy (non-hydrogen) atoms. The summed E-state index contributed by atoms with van der Waals surface area (Å²) in [5.41, 5.74) is 1.83. The van der Waals surface area contributed by atoms with Crippen molar-refractivity contribution in [3.63, 3.8) is 0 Å². The lowest BCUT2D eigenvalue weighted by Gasteiger charge is -2.26. The number of benzene rings is 2. The number of carbonyl (C=O) groups is 4. The molecule has 2 atom stereocenters. The van der Waals surface area contributed by atoms with Gasteiger partial charge >= 0.3 is 0 Å². The van der Waals surface area contributed by atoms with E-state index in [4.69, 9.17) is 9.47 Å². The number of nitrogens with zero attached hydrogens (tertiary/aromatic N) is 4. The van der Waals surface area contributed by atoms with Crippen molar-refractivity contribution < 1.29 is 28.7 Å². The highest BCUT2D eigenvalue weighted by Crippen LogP contribution is 2.31. The van der Waals surface area contributed by atoms with Gasteiger partial charge in [0.25, 0.3) is 5.91 Å². The topological polar surface area (TPSA) is 157 Å². The molecular weight excluding hydrogens is 566 g/mol. The number of amides is 4. The van der Waals surface area contributed by atoms with Crippen molar-refractivity contribution in [2.45, 2.75) is 50.7 Å². The lowest BCUT2D eigenvalue weighted by molar-refractivity contribution is -0.134. The fraction of sp³-hybridized carbons (Fsp3) is 0.419. The summed E-state index contributed by atoms with van der Waals surface area (Å²) in [6.45, 7) is 1.50. The third-order valence-electron chi connectivity index (χ3n) is 7.64. The average Bonchev–Trinajstić information content (AvgIpc) is 3.68. The summed E-state index contributed by atoms with van der Waals surface area (Å²) in [5, 5.41) is 17.0. The van der Waals surface area contributed by atoms with Crippen LogP contribution in [0.3, 0.4) is 0 Å². The molecule has 0 radical (unpaired) electrons. The SMILES string of the molecule is COc1cccc2c1OCCCn1cc(nn1)CCN(C(=O)[C@H]1CCC(=O)N1)CCNC(=O)[C@H](Cc1ccccc1)NC2=O. The molecule has 3 N–H and O–H groups in total. The molecule has 232 valence electrons. The molecule has 2 bridgehead atoms. The number of ether oxygens (including phenoxy) is 2. The van der Waals surface area contributed by atoms with Gasteiger partial charge in [-0.25, -0.2) is 0 Å². The van der Waals surface area contributed by atoms with Crippen molar-refractivity contribution in [1.82, 2.24) is 35.8 Å². The van der Waals surface area contributed by atoms with Crippen LogP contribution in [-0.2, 0) is 33.8 Å². The average molecular weight is 604 g/mol. The van der Waals surface area contributed by atoms with E-state index in [0.29, 0.717) is 50.2 Å². The van der Waals surface area contributed by atoms with Crippen LogP contribution in [0, 0.1) is 0 Å². The van der Waals surface area contributed by atoms with Crippen LogP contribution >= 0.6 is 0 Å². The minimum atomic E-state index is -0.904. The Morgan fingerprint density at radius 3 is 2.64 bits per heavy atom. The van der Waals surface area contributed by atoms with Crippen molar-refractivity contribution in [3.05, 3.63) is 71.5 Å². The molecule has 2 aromatic carbocycles. The number of rotatable bonds is 4. The van der Waals surface area contributed by atoms with Gasteiger partial charge in [0.05, 0.1) is 25.0 Å². The van der Waals surface area contributed by atoms with Crippen molar-refractivity contribution in [2.75, 3.05) is 33.4 Å². The van der Waals surface area contributed by atoms with E-state index in [1.54, 1.807) is 27.8 Å². The Morgan fingerprint density at radius 2 is 1.86 bits per heavy atom. The van der Waals surface area contributed by atoms with E-state index < -0.39 is 23.9 Å². The second-order valence-electron chi connectivity index (χ2n) is 10.8. The number of carbonyl (C=O) groups excluding carboxylic acids is 4. The summed E-state index contributed by atoms with van der Waals surface area (Å²) < 4.78 is 13.2. The maximum absolute atomic E-state index is 13.6. The van der Waals surface area contributed by atoms with Gasteiger partial charge in [-0.3, -0.25) is 23.9 Å². The van der Waals surface area contributed by atoms with Crippen LogP contribution in [0.2, 0.25) is 0 Å². The molecule has 2 aliphatic rings. The van der Waals surface area contributed by atoms with E-state index in [2.05, 4.69) is 26.3 Å². The van der Waals surface area contributed by atoms with E-state index in [-0.39, 0.29) is 49.2 Å². The molecule has 5 rings (SSSR count). The van der Waals surface area contributed by atoms with Gasteiger partial charge in [-0.15, -0.1) is 5.10 Å². The molecule has 1 aromatic heterocycles. The maximum atomic E-state index is 13.6. The molecule has 3 aromatic rings. The van der Waals surface area contributed by atoms with Gasteiger partial charge in [0, 0.05) is 58.1 Å². The predicted octanol–water partition coefficient (Wildman–Crippen LogP) is 0.876. The van der Waals surface area contributed by atoms with E-state index in [1.165, 1.54) is 7.11 Å². The first-order valence-electron chi connectivity index (χ1n) is 14.8. The largest absolute Gasteiger partial charge is 0.493 e. The minimum absolute atomic E-state index is 0.145. The zero-order valence-electron chi connectivity index (χ0n) is 24.7. The highest BCUT2D eigenvalue weighted by molar-refractivity contribution is 6.00. The first-order valence-corrected chi connectivity index (χ1v) is 14.8. The molecule has 4 amide bonds. The summed E-state index contributed by atoms with van der Waals surface area (Å²) in [6, 6.07) is 12.9. The molecule has 13 heteroatoms. The van der Waals surface area contributed by atoms with E-state index in [1.807, 2.05) is 36.5 Å². The summed E-state index contributed by atoms with van der Waals surface area (Å²) in [7, 11) is 1.50. The molecule has 0 unspecified atom stereocenters. The van der Waals surface area contributed by atoms with Crippen LogP contribution in [0.5, 0.6) is 11.5 Å². The lowest BCUT2D eigenvalue weighted by atomic mass is 10.0. The molecule has 3 heterocycles. The zero-order valence-corrected chi connectivity index (χ0v) is 24.7. The Kier molecular flexibility index (Phi) is 10.1. The zero-order chi connectivity index (χ0) is 30.9. The van der Waals surface area contributed by atoms with E-state index >= 15 is 0 Å². The number of para-hydroxylation sites is 1. The predicted molar refractivity (Wildman–Crippen MR) is 159 cm³/mol. The molecule has 0 aliphatic carbocycles. The van der Waals surface area contributed by atoms with Gasteiger partial charge < -0.3 is 30.3 Å². The van der Waals surface area contributed by atoms with Crippen molar-refractivity contribution in [1.29, 1.82) is 0 Å². The minimum Gasteiger partial charge on any atom is -0.493 e. The number of aryl methyl sites for hydroxylation is 1. The Balaban J connectivity index is 1.40. The van der Waals surface area contributed by atoms with Crippen LogP contribution in [0.4, 0.5) is 0 Å². The number of aromatic nitrogens is 3. The number of hydrogen-bond acceptors (Lipinski definition) is 8. The first kappa shape index (κ1) is 30.5. The number of nitrogens with one attached hydrogen (secondary N) is 3. The van der Waals surface area contributed by atoms with Crippen LogP contribution in [0.1, 0.15) is 40.9 Å². The molecule has 1 fully saturated rings. The summed E-state index contributed by atoms with van der Waals surface area (Å²) in [6.07, 6.45) is 3.84. The Morgan fingerprint density at radius 1 is 1.02 bits per heavy atom. The summed E-state index contributed by atoms with van der Waals surface area (Å²) >= 11 is 0. The number of hydrogen-bond donors (Lipinski definition) is 3. The molecule has 2 aliphatic heterocycles. The third kappa shape index (κ3) is 7.71. The van der Waals surface area contributed by atoms with Crippen molar-refractivity contribution in [2.24, 2.45) is 0 Å². The second-order valence-corrected chi connectivity index (χ2v) is 10.8. The van der Waals surface area contributed by atoms with Gasteiger partial charge in [-0.2, -0.15) is 0 Å². The van der Waals surface area contributed by atoms with Gasteiger partial charge in [0.1, 0.15) is 12.1 Å². The van der Waals surface area contributed by atoms with Gasteiger partial charge in [0.15, 0.2) is 11.5 Å². The lowest BCUT2D eigenvalue weighted by Crippen LogP contribution is -2.51. The fourth-order valence-corrected chi connectivity index (χ4v) is 5.30. The summed E-state index contributed by atoms with van der Waals surface area (Å²) in [5.74, 6) is -0.548. The fourth-order valence-electron chi connectivity index (χ4n) is 5.30. The van der Waals surface area contributed by atoms with Gasteiger partial charge in [-0.1, -0.05) is 41.6 Å². The smallest absolute Gasteiger partial charge is 0.255 e. The molecule has 1 saturated heterocycles. The third-order valence-corrected chi connectivity index (χ3v) is 7.64. The number of methoxy groups -OCH3 is 1. The summed E-state index contributed by atoms with van der Waals surface area (Å²) in [4.78, 5) is 53.9. The Hall–Kier alpha value is -4.94. The first-order chi connectivity index (χ1) is 21.4. The highest BCUT2D eigenvalue weighted by atomic mass is 16.5. The quantitative estimate of drug-likeness (QED) is 0.397. The molecule has 0 spiro atoms. The Labute approximate surface area is 255 Å². The molecular formula is C31H37N7O6. The normalized spacial score (nSPS) is 20.1. The van der Waals surface area contributed by atoms with E-state index in [0.717, 1.165) is 5.56 Å². The standard InChI is InChI=1S/C31H37N7O6/c1-43-26-10-5-9-23-28(26)44-18-6-15-38-20-22(35-36-38)13-16-37(31(42)24-11-12-27(39)33-24)17-14-32-30(41)25(34-29(23)40)19-21-7-3-2-4-8-21/h2-5,7-10,20,24-25H,6,11-19H2,1H3,(H,32,41)(H,33,39)(H,34,40)/t24-,25+/m1/s1. The van der Waals surface area contributed by atoms with Gasteiger partial charge in [0.2, 0.25) is 17.7 Å². The van der Waals surface area contributed by atoms with Crippen LogP contribution in [-0.4, -0.2) is 89.0 Å². The van der Waals surface area contributed by atoms with Crippen LogP contribution in [0.15, 0.2) is 54.7 Å². The maximum Gasteiger partial charge on any atom is 0.255 e. The van der Waals surface area contributed by atoms with Crippen LogP contribution in [0.25, 0.3) is 0 Å². The number of fused-ring (bicyclic) bond motifs is 3. The monoisotopic (exact) mass is 603 g/mol. The Bertz CT molecular complexity index is 1480. The van der Waals surface area contributed by atoms with Crippen molar-refractivity contribution >= 4 is 23.6 Å². The molecule has 0 saturated carbocycles. The van der Waals surface area contributed by atoms with Crippen molar-refractivity contribution in [3.8, 4) is 11.5 Å². The van der Waals surface area contributed by atoms with Crippen LogP contribution < -0.4 is 25.4 Å². The second kappa shape index (κ2) is 14.5. The molecule has 13 nitrogen and oxygen atoms in total. The van der Waals surface area contributed by atoms with Gasteiger partial charge in [-0.05, 0) is 24.1 Å². The van der Waals surface area contributed by atoms with E-state index in [9.17, 15) is 19.2 Å².